The molecule has 0 spiro atoms. The van der Waals surface area contributed by atoms with Crippen molar-refractivity contribution >= 4 is 20.8 Å². The highest BCUT2D eigenvalue weighted by atomic mass is 32.2. The molecule has 3 aromatic carbocycles. The Morgan fingerprint density at radius 1 is 0.811 bits per heavy atom. The Bertz CT molecular complexity index is 1600. The molecule has 0 radical (unpaired) electrons. The van der Waals surface area contributed by atoms with Gasteiger partial charge in [-0.05, 0) is 74.0 Å². The number of nitrogens with zero attached hydrogens (tertiary/aromatic N) is 2. The summed E-state index contributed by atoms with van der Waals surface area (Å²) in [5.41, 5.74) is 4.65. The first-order valence-corrected chi connectivity index (χ1v) is 14.1. The Morgan fingerprint density at radius 2 is 1.46 bits per heavy atom. The molecule has 0 unspecified atom stereocenters. The van der Waals surface area contributed by atoms with Gasteiger partial charge in [0.1, 0.15) is 0 Å². The lowest BCUT2D eigenvalue weighted by atomic mass is 9.90. The molecule has 1 aromatic heterocycles. The summed E-state index contributed by atoms with van der Waals surface area (Å²) in [6.07, 6.45) is 0. The highest BCUT2D eigenvalue weighted by Gasteiger charge is 2.35. The molecule has 192 valence electrons. The van der Waals surface area contributed by atoms with Gasteiger partial charge in [0.2, 0.25) is 10.0 Å². The third-order valence-corrected chi connectivity index (χ3v) is 9.61. The fraction of sp³-hybridized carbons (Fsp3) is 0.300. The largest absolute Gasteiger partial charge is 0.321 e. The van der Waals surface area contributed by atoms with E-state index in [1.165, 1.54) is 0 Å². The van der Waals surface area contributed by atoms with Gasteiger partial charge in [0.15, 0.2) is 0 Å². The molecule has 7 heteroatoms. The zero-order chi connectivity index (χ0) is 26.4. The number of aromatic nitrogens is 1. The Labute approximate surface area is 218 Å². The average Bonchev–Trinajstić information content (AvgIpc) is 2.89. The molecule has 5 rings (SSSR count). The second kappa shape index (κ2) is 9.56. The predicted octanol–water partition coefficient (Wildman–Crippen LogP) is 5.05. The van der Waals surface area contributed by atoms with E-state index in [-0.39, 0.29) is 11.1 Å². The Hall–Kier alpha value is -3.26. The average molecular weight is 516 g/mol. The number of hydrogen-bond donors (Lipinski definition) is 1. The normalized spacial score (nSPS) is 15.8. The van der Waals surface area contributed by atoms with E-state index < -0.39 is 10.0 Å². The van der Waals surface area contributed by atoms with Gasteiger partial charge in [0, 0.05) is 42.8 Å². The molecule has 1 fully saturated rings. The van der Waals surface area contributed by atoms with Crippen molar-refractivity contribution in [1.82, 2.24) is 14.2 Å². The summed E-state index contributed by atoms with van der Waals surface area (Å²) in [5, 5.41) is 1.66. The first-order valence-electron chi connectivity index (χ1n) is 12.6. The lowest BCUT2D eigenvalue weighted by Gasteiger charge is -2.44. The molecule has 0 atom stereocenters. The van der Waals surface area contributed by atoms with Gasteiger partial charge in [-0.25, -0.2) is 8.42 Å². The maximum absolute atomic E-state index is 13.1. The summed E-state index contributed by atoms with van der Waals surface area (Å²) in [6, 6.07) is 23.2. The molecular formula is C30H33N3O3S. The van der Waals surface area contributed by atoms with Crippen LogP contribution in [0.3, 0.4) is 0 Å². The van der Waals surface area contributed by atoms with Gasteiger partial charge >= 0.3 is 0 Å². The van der Waals surface area contributed by atoms with Crippen molar-refractivity contribution < 1.29 is 8.42 Å². The van der Waals surface area contributed by atoms with Crippen LogP contribution in [0.1, 0.15) is 30.5 Å². The quantitative estimate of drug-likeness (QED) is 0.404. The Kier molecular flexibility index (Phi) is 6.56. The van der Waals surface area contributed by atoms with E-state index in [0.717, 1.165) is 33.3 Å². The molecule has 6 nitrogen and oxygen atoms in total. The molecule has 1 saturated heterocycles. The molecule has 0 bridgehead atoms. The third kappa shape index (κ3) is 4.75. The number of pyridine rings is 1. The SMILES string of the molecule is Cc1ccc(S(=O)(=O)N2CCN(C(C)(C)c3ccc(-c4cc5c(C)cccc5c(=O)[nH]4)cc3)CC2)cc1. The molecule has 2 heterocycles. The molecule has 0 amide bonds. The smallest absolute Gasteiger partial charge is 0.256 e. The van der Waals surface area contributed by atoms with Gasteiger partial charge in [-0.3, -0.25) is 9.69 Å². The van der Waals surface area contributed by atoms with Crippen molar-refractivity contribution in [3.05, 3.63) is 99.8 Å². The van der Waals surface area contributed by atoms with Crippen LogP contribution in [0.5, 0.6) is 0 Å². The minimum absolute atomic E-state index is 0.0842. The van der Waals surface area contributed by atoms with Crippen LogP contribution in [0.4, 0.5) is 0 Å². The van der Waals surface area contributed by atoms with Crippen LogP contribution in [-0.4, -0.2) is 48.8 Å². The Morgan fingerprint density at radius 3 is 2.11 bits per heavy atom. The summed E-state index contributed by atoms with van der Waals surface area (Å²) in [4.78, 5) is 18.4. The van der Waals surface area contributed by atoms with Crippen LogP contribution in [-0.2, 0) is 15.6 Å². The zero-order valence-corrected chi connectivity index (χ0v) is 22.6. The molecule has 0 aliphatic carbocycles. The van der Waals surface area contributed by atoms with E-state index in [2.05, 4.69) is 35.9 Å². The summed E-state index contributed by atoms with van der Waals surface area (Å²) in [5.74, 6) is 0. The predicted molar refractivity (Wildman–Crippen MR) is 149 cm³/mol. The van der Waals surface area contributed by atoms with Crippen LogP contribution in [0, 0.1) is 13.8 Å². The lowest BCUT2D eigenvalue weighted by molar-refractivity contribution is 0.0777. The number of piperazine rings is 1. The standard InChI is InChI=1S/C30H33N3O3S/c1-21-8-14-25(15-9-21)37(35,36)33-18-16-32(17-19-33)30(3,4)24-12-10-23(11-13-24)28-20-27-22(2)6-5-7-26(27)29(34)31-28/h5-15,20H,16-19H2,1-4H3,(H,31,34). The number of H-pyrrole nitrogens is 1. The molecule has 37 heavy (non-hydrogen) atoms. The number of hydrogen-bond acceptors (Lipinski definition) is 4. The van der Waals surface area contributed by atoms with Gasteiger partial charge in [0.25, 0.3) is 5.56 Å². The molecule has 4 aromatic rings. The van der Waals surface area contributed by atoms with Gasteiger partial charge in [-0.15, -0.1) is 0 Å². The highest BCUT2D eigenvalue weighted by Crippen LogP contribution is 2.32. The van der Waals surface area contributed by atoms with E-state index in [9.17, 15) is 13.2 Å². The van der Waals surface area contributed by atoms with Crippen molar-refractivity contribution in [3.8, 4) is 11.3 Å². The number of rotatable bonds is 5. The van der Waals surface area contributed by atoms with Crippen molar-refractivity contribution in [2.45, 2.75) is 38.1 Å². The number of fused-ring (bicyclic) bond motifs is 1. The van der Waals surface area contributed by atoms with E-state index in [1.54, 1.807) is 16.4 Å². The van der Waals surface area contributed by atoms with Crippen molar-refractivity contribution in [2.75, 3.05) is 26.2 Å². The van der Waals surface area contributed by atoms with Crippen LogP contribution >= 0.6 is 0 Å². The minimum Gasteiger partial charge on any atom is -0.321 e. The molecule has 0 saturated carbocycles. The maximum Gasteiger partial charge on any atom is 0.256 e. The summed E-state index contributed by atoms with van der Waals surface area (Å²) in [7, 11) is -3.49. The van der Waals surface area contributed by atoms with Crippen LogP contribution in [0.2, 0.25) is 0 Å². The number of benzene rings is 3. The monoisotopic (exact) mass is 515 g/mol. The van der Waals surface area contributed by atoms with Crippen LogP contribution < -0.4 is 5.56 Å². The fourth-order valence-corrected chi connectivity index (χ4v) is 6.61. The molecular weight excluding hydrogens is 482 g/mol. The topological polar surface area (TPSA) is 73.5 Å². The second-order valence-electron chi connectivity index (χ2n) is 10.4. The van der Waals surface area contributed by atoms with Gasteiger partial charge in [-0.1, -0.05) is 54.1 Å². The number of nitrogens with one attached hydrogen (secondary N) is 1. The summed E-state index contributed by atoms with van der Waals surface area (Å²) >= 11 is 0. The highest BCUT2D eigenvalue weighted by molar-refractivity contribution is 7.89. The lowest BCUT2D eigenvalue weighted by Crippen LogP contribution is -2.54. The molecule has 1 N–H and O–H groups in total. The fourth-order valence-electron chi connectivity index (χ4n) is 5.18. The van der Waals surface area contributed by atoms with Gasteiger partial charge < -0.3 is 4.98 Å². The van der Waals surface area contributed by atoms with E-state index in [1.807, 2.05) is 62.4 Å². The number of sulfonamides is 1. The van der Waals surface area contributed by atoms with Crippen LogP contribution in [0.15, 0.2) is 82.5 Å². The first-order chi connectivity index (χ1) is 17.6. The van der Waals surface area contributed by atoms with Gasteiger partial charge in [-0.2, -0.15) is 4.31 Å². The van der Waals surface area contributed by atoms with E-state index >= 15 is 0 Å². The van der Waals surface area contributed by atoms with Crippen molar-refractivity contribution in [3.63, 3.8) is 0 Å². The number of aromatic amines is 1. The summed E-state index contributed by atoms with van der Waals surface area (Å²) in [6.45, 7) is 10.5. The second-order valence-corrected chi connectivity index (χ2v) is 12.3. The number of aryl methyl sites for hydroxylation is 2. The summed E-state index contributed by atoms with van der Waals surface area (Å²) < 4.78 is 27.8. The zero-order valence-electron chi connectivity index (χ0n) is 21.8. The Balaban J connectivity index is 1.33. The van der Waals surface area contributed by atoms with Crippen molar-refractivity contribution in [1.29, 1.82) is 0 Å². The van der Waals surface area contributed by atoms with E-state index in [0.29, 0.717) is 36.5 Å². The third-order valence-electron chi connectivity index (χ3n) is 7.70. The molecule has 1 aliphatic rings. The minimum atomic E-state index is -3.49. The van der Waals surface area contributed by atoms with Gasteiger partial charge in [0.05, 0.1) is 4.90 Å². The van der Waals surface area contributed by atoms with Crippen LogP contribution in [0.25, 0.3) is 22.0 Å². The maximum atomic E-state index is 13.1. The first kappa shape index (κ1) is 25.4. The van der Waals surface area contributed by atoms with E-state index in [4.69, 9.17) is 0 Å². The molecule has 1 aliphatic heterocycles. The van der Waals surface area contributed by atoms with Crippen molar-refractivity contribution in [2.24, 2.45) is 0 Å².